The Morgan fingerprint density at radius 2 is 0.613 bits per heavy atom. The van der Waals surface area contributed by atoms with Gasteiger partial charge in [-0.2, -0.15) is 0 Å². The number of hydrogen-bond acceptors (Lipinski definition) is 25. The van der Waals surface area contributed by atoms with Crippen LogP contribution in [0.1, 0.15) is 13.3 Å². The first kappa shape index (κ1) is 61.0. The smallest absolute Gasteiger partial charge is 0.180 e. The number of aliphatic hydroxyl groups excluding tert-OH is 14. The second kappa shape index (κ2) is 39.2. The van der Waals surface area contributed by atoms with E-state index in [1.807, 2.05) is 6.92 Å². The molecule has 0 fully saturated rings. The average molecular weight is 921 g/mol. The summed E-state index contributed by atoms with van der Waals surface area (Å²) in [7, 11) is 0. The van der Waals surface area contributed by atoms with Crippen LogP contribution in [-0.4, -0.2) is 291 Å². The van der Waals surface area contributed by atoms with Gasteiger partial charge in [0.25, 0.3) is 0 Å². The molecule has 0 amide bonds. The quantitative estimate of drug-likeness (QED) is 0.0252. The van der Waals surface area contributed by atoms with Crippen LogP contribution in [0, 0.1) is 5.41 Å². The molecule has 0 aliphatic carbocycles. The highest BCUT2D eigenvalue weighted by Crippen LogP contribution is 2.25. The van der Waals surface area contributed by atoms with Gasteiger partial charge >= 0.3 is 0 Å². The maximum atomic E-state index is 10.6. The zero-order valence-electron chi connectivity index (χ0n) is 35.6. The first-order valence-corrected chi connectivity index (χ1v) is 20.3. The van der Waals surface area contributed by atoms with Crippen molar-refractivity contribution < 1.29 is 124 Å². The van der Waals surface area contributed by atoms with E-state index in [0.717, 1.165) is 0 Å². The largest absolute Gasteiger partial charge is 0.394 e. The lowest BCUT2D eigenvalue weighted by Gasteiger charge is -2.33. The highest BCUT2D eigenvalue weighted by molar-refractivity contribution is 4.79. The molecule has 0 aromatic carbocycles. The van der Waals surface area contributed by atoms with E-state index in [1.165, 1.54) is 0 Å². The van der Waals surface area contributed by atoms with E-state index in [2.05, 4.69) is 0 Å². The van der Waals surface area contributed by atoms with Gasteiger partial charge in [-0.1, -0.05) is 6.92 Å². The van der Waals surface area contributed by atoms with Crippen LogP contribution in [0.5, 0.6) is 0 Å². The van der Waals surface area contributed by atoms with E-state index in [9.17, 15) is 56.2 Å². The van der Waals surface area contributed by atoms with Crippen molar-refractivity contribution in [2.24, 2.45) is 5.41 Å². The normalized spacial score (nSPS) is 18.6. The maximum absolute atomic E-state index is 10.6. The van der Waals surface area contributed by atoms with Crippen molar-refractivity contribution >= 4 is 0 Å². The van der Waals surface area contributed by atoms with Gasteiger partial charge in [-0.25, -0.2) is 0 Å². The van der Waals surface area contributed by atoms with Gasteiger partial charge in [-0.05, 0) is 6.42 Å². The molecule has 25 nitrogen and oxygen atoms in total. The molecule has 0 heterocycles. The minimum Gasteiger partial charge on any atom is -0.394 e. The molecular weight excluding hydrogens is 844 g/mol. The first-order chi connectivity index (χ1) is 29.8. The molecule has 0 spiro atoms. The summed E-state index contributed by atoms with van der Waals surface area (Å²) in [5.41, 5.74) is -0.927. The van der Waals surface area contributed by atoms with E-state index >= 15 is 0 Å². The van der Waals surface area contributed by atoms with Gasteiger partial charge in [0.2, 0.25) is 0 Å². The van der Waals surface area contributed by atoms with Crippen molar-refractivity contribution in [2.75, 3.05) is 152 Å². The van der Waals surface area contributed by atoms with Gasteiger partial charge in [0.05, 0.1) is 152 Å². The van der Waals surface area contributed by atoms with Crippen LogP contribution in [0.2, 0.25) is 0 Å². The molecular formula is C37H76O25. The van der Waals surface area contributed by atoms with Crippen LogP contribution in [0.25, 0.3) is 0 Å². The zero-order valence-corrected chi connectivity index (χ0v) is 35.6. The number of aliphatic hydroxyl groups is 14. The molecule has 25 heteroatoms. The molecule has 11 unspecified atom stereocenters. The van der Waals surface area contributed by atoms with Crippen molar-refractivity contribution in [3.8, 4) is 0 Å². The Kier molecular flexibility index (Phi) is 38.6. The molecule has 0 aromatic rings. The summed E-state index contributed by atoms with van der Waals surface area (Å²) in [5.74, 6) is 0. The number of hydrogen-bond donors (Lipinski definition) is 14. The van der Waals surface area contributed by atoms with Crippen molar-refractivity contribution in [2.45, 2.75) is 80.9 Å². The van der Waals surface area contributed by atoms with Crippen LogP contribution >= 0.6 is 0 Å². The second-order valence-electron chi connectivity index (χ2n) is 14.4. The first-order valence-electron chi connectivity index (χ1n) is 20.3. The summed E-state index contributed by atoms with van der Waals surface area (Å²) in [6.07, 6.45) is -11.7. The Morgan fingerprint density at radius 3 is 0.968 bits per heavy atom. The number of ether oxygens (including phenoxy) is 11. The minimum absolute atomic E-state index is 0.0436. The Bertz CT molecular complexity index is 927. The molecule has 0 saturated carbocycles. The van der Waals surface area contributed by atoms with Crippen LogP contribution in [0.3, 0.4) is 0 Å². The standard InChI is InChI=1S/C37H76O25/c1-2-37(25-55-20-34(58-16-29(49)6-41)19-52-11-26(46)3-38,23-53-12-30(50)17-59-35(9-44)61-21-32(7-42)56-14-27(47)4-39)24-54-13-31(51)18-60-36(10-45)62-22-33(8-43)57-15-28(48)5-40/h26-36,38-51H,2-25H2,1H3. The Balaban J connectivity index is 5.49. The highest BCUT2D eigenvalue weighted by atomic mass is 16.7. The Hall–Kier alpha value is -1.00. The van der Waals surface area contributed by atoms with E-state index in [4.69, 9.17) is 67.4 Å². The third kappa shape index (κ3) is 31.0. The summed E-state index contributed by atoms with van der Waals surface area (Å²) in [5, 5.41) is 134. The van der Waals surface area contributed by atoms with Gasteiger partial charge in [0, 0.05) is 5.41 Å². The highest BCUT2D eigenvalue weighted by Gasteiger charge is 2.32. The minimum atomic E-state index is -1.22. The van der Waals surface area contributed by atoms with Crippen LogP contribution < -0.4 is 0 Å². The van der Waals surface area contributed by atoms with E-state index in [0.29, 0.717) is 6.42 Å². The summed E-state index contributed by atoms with van der Waals surface area (Å²) < 4.78 is 60.9. The third-order valence-corrected chi connectivity index (χ3v) is 8.52. The lowest BCUT2D eigenvalue weighted by Crippen LogP contribution is -2.41. The molecule has 0 aliphatic heterocycles. The fourth-order valence-electron chi connectivity index (χ4n) is 4.67. The molecule has 0 aromatic heterocycles. The van der Waals surface area contributed by atoms with Gasteiger partial charge < -0.3 is 124 Å². The zero-order chi connectivity index (χ0) is 46.6. The fraction of sp³-hybridized carbons (Fsp3) is 1.00. The topological polar surface area (TPSA) is 385 Å². The average Bonchev–Trinajstić information content (AvgIpc) is 3.28. The summed E-state index contributed by atoms with van der Waals surface area (Å²) >= 11 is 0. The molecule has 0 radical (unpaired) electrons. The summed E-state index contributed by atoms with van der Waals surface area (Å²) in [4.78, 5) is 0. The lowest BCUT2D eigenvalue weighted by molar-refractivity contribution is -0.200. The van der Waals surface area contributed by atoms with Gasteiger partial charge in [0.15, 0.2) is 12.6 Å². The molecule has 0 saturated heterocycles. The second-order valence-corrected chi connectivity index (χ2v) is 14.4. The summed E-state index contributed by atoms with van der Waals surface area (Å²) in [6, 6.07) is 0. The van der Waals surface area contributed by atoms with Gasteiger partial charge in [-0.3, -0.25) is 0 Å². The van der Waals surface area contributed by atoms with E-state index < -0.39 is 126 Å². The molecule has 374 valence electrons. The van der Waals surface area contributed by atoms with Crippen LogP contribution in [0.15, 0.2) is 0 Å². The molecule has 0 rings (SSSR count). The van der Waals surface area contributed by atoms with Gasteiger partial charge in [0.1, 0.15) is 54.9 Å². The monoisotopic (exact) mass is 920 g/mol. The predicted molar refractivity (Wildman–Crippen MR) is 209 cm³/mol. The lowest BCUT2D eigenvalue weighted by atomic mass is 9.88. The van der Waals surface area contributed by atoms with Crippen molar-refractivity contribution in [1.82, 2.24) is 0 Å². The molecule has 11 atom stereocenters. The molecule has 62 heavy (non-hydrogen) atoms. The van der Waals surface area contributed by atoms with Crippen LogP contribution in [0.4, 0.5) is 0 Å². The van der Waals surface area contributed by atoms with Crippen molar-refractivity contribution in [1.29, 1.82) is 0 Å². The van der Waals surface area contributed by atoms with Gasteiger partial charge in [-0.15, -0.1) is 0 Å². The van der Waals surface area contributed by atoms with Crippen LogP contribution in [-0.2, 0) is 52.1 Å². The molecule has 0 aliphatic rings. The van der Waals surface area contributed by atoms with E-state index in [1.54, 1.807) is 0 Å². The molecule has 14 N–H and O–H groups in total. The molecule has 0 bridgehead atoms. The summed E-state index contributed by atoms with van der Waals surface area (Å²) in [6.45, 7) is -5.70. The van der Waals surface area contributed by atoms with E-state index in [-0.39, 0.29) is 99.1 Å². The number of rotatable bonds is 46. The third-order valence-electron chi connectivity index (χ3n) is 8.52. The van der Waals surface area contributed by atoms with Crippen molar-refractivity contribution in [3.63, 3.8) is 0 Å². The maximum Gasteiger partial charge on any atom is 0.180 e. The SMILES string of the molecule is CCC(COCC(O)COC(CO)OCC(CO)OCC(O)CO)(COCC(O)COC(CO)OCC(CO)OCC(O)CO)COCC(COCC(O)CO)OCC(O)CO. The fourth-order valence-corrected chi connectivity index (χ4v) is 4.67. The van der Waals surface area contributed by atoms with Crippen molar-refractivity contribution in [3.05, 3.63) is 0 Å². The Morgan fingerprint density at radius 1 is 0.306 bits per heavy atom. The Labute approximate surface area is 361 Å². The predicted octanol–water partition coefficient (Wildman–Crippen LogP) is -7.57.